The molecule has 1 aliphatic rings. The van der Waals surface area contributed by atoms with Crippen LogP contribution in [0.15, 0.2) is 54.7 Å². The van der Waals surface area contributed by atoms with Crippen molar-refractivity contribution in [3.63, 3.8) is 0 Å². The molecule has 2 heterocycles. The molecule has 0 spiro atoms. The van der Waals surface area contributed by atoms with Gasteiger partial charge in [0.05, 0.1) is 7.11 Å². The Morgan fingerprint density at radius 3 is 2.75 bits per heavy atom. The lowest BCUT2D eigenvalue weighted by molar-refractivity contribution is -0.114. The van der Waals surface area contributed by atoms with Gasteiger partial charge in [0.1, 0.15) is 11.6 Å². The Labute approximate surface area is 146 Å². The maximum Gasteiger partial charge on any atom is 0.252 e. The van der Waals surface area contributed by atoms with Crippen LogP contribution >= 0.6 is 11.8 Å². The van der Waals surface area contributed by atoms with Crippen LogP contribution in [0.3, 0.4) is 0 Å². The van der Waals surface area contributed by atoms with Crippen LogP contribution in [0.5, 0.6) is 5.75 Å². The van der Waals surface area contributed by atoms with E-state index in [1.54, 1.807) is 19.4 Å². The van der Waals surface area contributed by atoms with Crippen LogP contribution in [0.1, 0.15) is 12.0 Å². The number of hydrogen-bond donors (Lipinski definition) is 0. The number of methoxy groups -OCH3 is 1. The zero-order valence-corrected chi connectivity index (χ0v) is 14.4. The summed E-state index contributed by atoms with van der Waals surface area (Å²) in [6.45, 7) is 0. The average Bonchev–Trinajstić information content (AvgIpc) is 3.15. The Hall–Kier alpha value is -2.27. The molecular weight excluding hydrogens is 320 g/mol. The van der Waals surface area contributed by atoms with Gasteiger partial charge in [-0.2, -0.15) is 11.8 Å². The monoisotopic (exact) mass is 340 g/mol. The molecule has 1 unspecified atom stereocenters. The molecule has 1 saturated heterocycles. The summed E-state index contributed by atoms with van der Waals surface area (Å²) >= 11 is 1.88. The molecule has 1 atom stereocenters. The van der Waals surface area contributed by atoms with E-state index in [1.165, 1.54) is 0 Å². The van der Waals surface area contributed by atoms with Crippen molar-refractivity contribution in [2.24, 2.45) is 0 Å². The second-order valence-electron chi connectivity index (χ2n) is 5.52. The topological polar surface area (TPSA) is 42.4 Å². The lowest BCUT2D eigenvalue weighted by atomic mass is 10.1. The molecule has 1 aromatic heterocycles. The zero-order valence-electron chi connectivity index (χ0n) is 13.6. The number of carbonyl (C=O) groups excluding carboxylic acids is 1. The molecule has 1 fully saturated rings. The SMILES string of the molecule is COc1ccc(C=CC(=O)N(c2ccccn2)C2CCSC2)cc1. The Kier molecular flexibility index (Phi) is 5.54. The molecule has 124 valence electrons. The van der Waals surface area contributed by atoms with Crippen molar-refractivity contribution < 1.29 is 9.53 Å². The van der Waals surface area contributed by atoms with Gasteiger partial charge >= 0.3 is 0 Å². The minimum Gasteiger partial charge on any atom is -0.497 e. The van der Waals surface area contributed by atoms with Crippen molar-refractivity contribution >= 4 is 29.6 Å². The highest BCUT2D eigenvalue weighted by Gasteiger charge is 2.27. The quantitative estimate of drug-likeness (QED) is 0.779. The molecule has 0 bridgehead atoms. The molecule has 24 heavy (non-hydrogen) atoms. The van der Waals surface area contributed by atoms with Crippen molar-refractivity contribution in [1.29, 1.82) is 0 Å². The van der Waals surface area contributed by atoms with E-state index in [9.17, 15) is 4.79 Å². The van der Waals surface area contributed by atoms with Crippen molar-refractivity contribution in [2.75, 3.05) is 23.5 Å². The van der Waals surface area contributed by atoms with E-state index in [1.807, 2.05) is 65.2 Å². The second kappa shape index (κ2) is 8.02. The lowest BCUT2D eigenvalue weighted by Crippen LogP contribution is -2.40. The minimum atomic E-state index is -0.0305. The van der Waals surface area contributed by atoms with Crippen LogP contribution in [-0.4, -0.2) is 35.5 Å². The Bertz CT molecular complexity index is 695. The first-order valence-corrected chi connectivity index (χ1v) is 9.07. The highest BCUT2D eigenvalue weighted by atomic mass is 32.2. The molecule has 0 aliphatic carbocycles. The smallest absolute Gasteiger partial charge is 0.252 e. The number of anilines is 1. The molecule has 1 amide bonds. The van der Waals surface area contributed by atoms with Gasteiger partial charge < -0.3 is 4.74 Å². The normalized spacial score (nSPS) is 17.1. The number of rotatable bonds is 5. The van der Waals surface area contributed by atoms with E-state index < -0.39 is 0 Å². The first-order valence-electron chi connectivity index (χ1n) is 7.92. The molecule has 0 N–H and O–H groups in total. The first-order chi connectivity index (χ1) is 11.8. The van der Waals surface area contributed by atoms with Crippen molar-refractivity contribution in [3.8, 4) is 5.75 Å². The van der Waals surface area contributed by atoms with E-state index in [4.69, 9.17) is 4.74 Å². The molecule has 1 aliphatic heterocycles. The van der Waals surface area contributed by atoms with Gasteiger partial charge in [0.2, 0.25) is 0 Å². The van der Waals surface area contributed by atoms with Crippen LogP contribution in [0, 0.1) is 0 Å². The Morgan fingerprint density at radius 1 is 1.29 bits per heavy atom. The van der Waals surface area contributed by atoms with Gasteiger partial charge in [-0.05, 0) is 48.1 Å². The molecule has 0 radical (unpaired) electrons. The van der Waals surface area contributed by atoms with Gasteiger partial charge in [-0.25, -0.2) is 4.98 Å². The van der Waals surface area contributed by atoms with E-state index in [0.29, 0.717) is 0 Å². The van der Waals surface area contributed by atoms with E-state index >= 15 is 0 Å². The van der Waals surface area contributed by atoms with Gasteiger partial charge in [-0.15, -0.1) is 0 Å². The van der Waals surface area contributed by atoms with E-state index in [-0.39, 0.29) is 11.9 Å². The molecule has 5 heteroatoms. The number of ether oxygens (including phenoxy) is 1. The number of pyridine rings is 1. The summed E-state index contributed by atoms with van der Waals surface area (Å²) in [7, 11) is 1.64. The third kappa shape index (κ3) is 3.97. The lowest BCUT2D eigenvalue weighted by Gasteiger charge is -2.26. The van der Waals surface area contributed by atoms with Crippen molar-refractivity contribution in [1.82, 2.24) is 4.98 Å². The van der Waals surface area contributed by atoms with E-state index in [2.05, 4.69) is 4.98 Å². The van der Waals surface area contributed by atoms with Gasteiger partial charge in [-0.3, -0.25) is 9.69 Å². The summed E-state index contributed by atoms with van der Waals surface area (Å²) in [6.07, 6.45) is 6.19. The highest BCUT2D eigenvalue weighted by Crippen LogP contribution is 2.26. The average molecular weight is 340 g/mol. The van der Waals surface area contributed by atoms with Crippen LogP contribution in [0.4, 0.5) is 5.82 Å². The largest absolute Gasteiger partial charge is 0.497 e. The van der Waals surface area contributed by atoms with Gasteiger partial charge in [-0.1, -0.05) is 18.2 Å². The molecule has 4 nitrogen and oxygen atoms in total. The van der Waals surface area contributed by atoms with E-state index in [0.717, 1.165) is 35.1 Å². The van der Waals surface area contributed by atoms with Gasteiger partial charge in [0.15, 0.2) is 0 Å². The fraction of sp³-hybridized carbons (Fsp3) is 0.263. The van der Waals surface area contributed by atoms with Crippen molar-refractivity contribution in [2.45, 2.75) is 12.5 Å². The molecule has 1 aromatic carbocycles. The fourth-order valence-corrected chi connectivity index (χ4v) is 3.86. The summed E-state index contributed by atoms with van der Waals surface area (Å²) < 4.78 is 5.15. The van der Waals surface area contributed by atoms with Gasteiger partial charge in [0.25, 0.3) is 5.91 Å². The number of aromatic nitrogens is 1. The molecule has 3 rings (SSSR count). The predicted octanol–water partition coefficient (Wildman–Crippen LogP) is 3.64. The maximum atomic E-state index is 12.8. The number of hydrogen-bond acceptors (Lipinski definition) is 4. The highest BCUT2D eigenvalue weighted by molar-refractivity contribution is 7.99. The summed E-state index contributed by atoms with van der Waals surface area (Å²) in [6, 6.07) is 13.5. The van der Waals surface area contributed by atoms with Gasteiger partial charge in [0, 0.05) is 24.1 Å². The maximum absolute atomic E-state index is 12.8. The number of amides is 1. The summed E-state index contributed by atoms with van der Waals surface area (Å²) in [5, 5.41) is 0. The third-order valence-electron chi connectivity index (χ3n) is 3.94. The standard InChI is InChI=1S/C19H20N2O2S/c1-23-17-8-5-15(6-9-17)7-10-19(22)21(16-11-13-24-14-16)18-4-2-3-12-20-18/h2-10,12,16H,11,13-14H2,1H3. The van der Waals surface area contributed by atoms with Crippen LogP contribution < -0.4 is 9.64 Å². The number of nitrogens with zero attached hydrogens (tertiary/aromatic N) is 2. The number of carbonyl (C=O) groups is 1. The van der Waals surface area contributed by atoms with Crippen molar-refractivity contribution in [3.05, 3.63) is 60.3 Å². The summed E-state index contributed by atoms with van der Waals surface area (Å²) in [5.74, 6) is 3.53. The zero-order chi connectivity index (χ0) is 16.8. The van der Waals surface area contributed by atoms with Crippen LogP contribution in [0.25, 0.3) is 6.08 Å². The fourth-order valence-electron chi connectivity index (χ4n) is 2.66. The Morgan fingerprint density at radius 2 is 2.12 bits per heavy atom. The number of benzene rings is 1. The summed E-state index contributed by atoms with van der Waals surface area (Å²) in [4.78, 5) is 19.0. The molecule has 0 saturated carbocycles. The summed E-state index contributed by atoms with van der Waals surface area (Å²) in [5.41, 5.74) is 0.964. The van der Waals surface area contributed by atoms with Crippen LogP contribution in [0.2, 0.25) is 0 Å². The molecule has 2 aromatic rings. The second-order valence-corrected chi connectivity index (χ2v) is 6.67. The minimum absolute atomic E-state index is 0.0305. The number of thioether (sulfide) groups is 1. The van der Waals surface area contributed by atoms with Crippen LogP contribution in [-0.2, 0) is 4.79 Å². The molecular formula is C19H20N2O2S. The predicted molar refractivity (Wildman–Crippen MR) is 99.5 cm³/mol. The third-order valence-corrected chi connectivity index (χ3v) is 5.08. The first kappa shape index (κ1) is 16.6. The Balaban J connectivity index is 1.79.